The van der Waals surface area contributed by atoms with Crippen molar-refractivity contribution in [3.8, 4) is 10.6 Å². The molecule has 0 aliphatic heterocycles. The Bertz CT molecular complexity index is 926. The van der Waals surface area contributed by atoms with Gasteiger partial charge in [0.1, 0.15) is 5.01 Å². The Morgan fingerprint density at radius 1 is 0.875 bits per heavy atom. The van der Waals surface area contributed by atoms with Crippen molar-refractivity contribution in [3.63, 3.8) is 0 Å². The number of nitrogens with one attached hydrogen (secondary N) is 1. The van der Waals surface area contributed by atoms with Gasteiger partial charge in [-0.05, 0) is 54.1 Å². The summed E-state index contributed by atoms with van der Waals surface area (Å²) in [6.07, 6.45) is 0. The van der Waals surface area contributed by atoms with Crippen molar-refractivity contribution in [2.45, 2.75) is 6.54 Å². The molecule has 0 aliphatic carbocycles. The number of aromatic nitrogens is 1. The molecule has 0 radical (unpaired) electrons. The summed E-state index contributed by atoms with van der Waals surface area (Å²) in [5.41, 5.74) is 4.50. The molecule has 1 heterocycles. The minimum absolute atomic E-state index is 0.763. The molecule has 118 valence electrons. The number of thiazole rings is 1. The summed E-state index contributed by atoms with van der Waals surface area (Å²) >= 11 is 7.63. The lowest BCUT2D eigenvalue weighted by Gasteiger charge is -2.07. The van der Waals surface area contributed by atoms with Crippen LogP contribution in [0.4, 0.5) is 5.69 Å². The summed E-state index contributed by atoms with van der Waals surface area (Å²) in [4.78, 5) is 4.70. The van der Waals surface area contributed by atoms with E-state index in [9.17, 15) is 0 Å². The molecular formula is C20H15ClN2S. The smallest absolute Gasteiger partial charge is 0.124 e. The van der Waals surface area contributed by atoms with E-state index in [4.69, 9.17) is 16.6 Å². The molecule has 0 amide bonds. The molecule has 24 heavy (non-hydrogen) atoms. The molecule has 1 aromatic heterocycles. The van der Waals surface area contributed by atoms with Gasteiger partial charge in [0.15, 0.2) is 0 Å². The summed E-state index contributed by atoms with van der Waals surface area (Å²) in [5.74, 6) is 0. The van der Waals surface area contributed by atoms with Gasteiger partial charge in [0.2, 0.25) is 0 Å². The van der Waals surface area contributed by atoms with E-state index >= 15 is 0 Å². The molecule has 0 spiro atoms. The SMILES string of the molecule is Clc1ccc(CNc2ccc(-c3nc4ccccc4s3)cc2)cc1. The molecule has 4 heteroatoms. The van der Waals surface area contributed by atoms with Crippen LogP contribution in [-0.4, -0.2) is 4.98 Å². The lowest BCUT2D eigenvalue weighted by Crippen LogP contribution is -1.98. The Morgan fingerprint density at radius 2 is 1.62 bits per heavy atom. The second-order valence-electron chi connectivity index (χ2n) is 5.54. The van der Waals surface area contributed by atoms with Crippen LogP contribution < -0.4 is 5.32 Å². The molecule has 0 saturated carbocycles. The molecule has 0 aliphatic rings. The first-order chi connectivity index (χ1) is 11.8. The monoisotopic (exact) mass is 350 g/mol. The van der Waals surface area contributed by atoms with E-state index in [2.05, 4.69) is 41.7 Å². The van der Waals surface area contributed by atoms with Crippen molar-refractivity contribution in [1.29, 1.82) is 0 Å². The fraction of sp³-hybridized carbons (Fsp3) is 0.0500. The normalized spacial score (nSPS) is 10.9. The maximum Gasteiger partial charge on any atom is 0.124 e. The van der Waals surface area contributed by atoms with Crippen molar-refractivity contribution in [1.82, 2.24) is 4.98 Å². The Kier molecular flexibility index (Phi) is 4.20. The fourth-order valence-electron chi connectivity index (χ4n) is 2.53. The second kappa shape index (κ2) is 6.63. The number of halogens is 1. The zero-order chi connectivity index (χ0) is 16.4. The number of hydrogen-bond donors (Lipinski definition) is 1. The van der Waals surface area contributed by atoms with Crippen LogP contribution in [0.5, 0.6) is 0 Å². The Balaban J connectivity index is 1.48. The molecule has 0 unspecified atom stereocenters. The van der Waals surface area contributed by atoms with Crippen LogP contribution in [-0.2, 0) is 6.54 Å². The number of fused-ring (bicyclic) bond motifs is 1. The Labute approximate surface area is 149 Å². The Morgan fingerprint density at radius 3 is 2.38 bits per heavy atom. The van der Waals surface area contributed by atoms with E-state index in [1.165, 1.54) is 10.3 Å². The largest absolute Gasteiger partial charge is 0.381 e. The van der Waals surface area contributed by atoms with Crippen LogP contribution in [0.2, 0.25) is 5.02 Å². The number of anilines is 1. The van der Waals surface area contributed by atoms with Crippen LogP contribution in [0.25, 0.3) is 20.8 Å². The molecule has 0 saturated heterocycles. The standard InChI is InChI=1S/C20H15ClN2S/c21-16-9-5-14(6-10-16)13-22-17-11-7-15(8-12-17)20-23-18-3-1-2-4-19(18)24-20/h1-12,22H,13H2. The first kappa shape index (κ1) is 15.2. The molecule has 0 bridgehead atoms. The minimum atomic E-state index is 0.763. The molecule has 0 fully saturated rings. The summed E-state index contributed by atoms with van der Waals surface area (Å²) in [6.45, 7) is 0.775. The van der Waals surface area contributed by atoms with Gasteiger partial charge in [-0.15, -0.1) is 11.3 Å². The lowest BCUT2D eigenvalue weighted by atomic mass is 10.2. The van der Waals surface area contributed by atoms with Crippen LogP contribution in [0.3, 0.4) is 0 Å². The van der Waals surface area contributed by atoms with Gasteiger partial charge in [-0.2, -0.15) is 0 Å². The van der Waals surface area contributed by atoms with Crippen molar-refractivity contribution in [3.05, 3.63) is 83.4 Å². The number of benzene rings is 3. The summed E-state index contributed by atoms with van der Waals surface area (Å²) in [7, 11) is 0. The highest BCUT2D eigenvalue weighted by Gasteiger charge is 2.05. The molecule has 2 nitrogen and oxygen atoms in total. The van der Waals surface area contributed by atoms with Crippen LogP contribution in [0.1, 0.15) is 5.56 Å². The molecule has 3 aromatic carbocycles. The fourth-order valence-corrected chi connectivity index (χ4v) is 3.63. The van der Waals surface area contributed by atoms with Crippen molar-refractivity contribution in [2.24, 2.45) is 0 Å². The molecular weight excluding hydrogens is 336 g/mol. The Hall–Kier alpha value is -2.36. The third kappa shape index (κ3) is 3.28. The van der Waals surface area contributed by atoms with Crippen LogP contribution in [0.15, 0.2) is 72.8 Å². The maximum absolute atomic E-state index is 5.91. The van der Waals surface area contributed by atoms with E-state index in [-0.39, 0.29) is 0 Å². The number of rotatable bonds is 4. The van der Waals surface area contributed by atoms with E-state index in [0.29, 0.717) is 0 Å². The molecule has 1 N–H and O–H groups in total. The predicted octanol–water partition coefficient (Wildman–Crippen LogP) is 6.23. The molecule has 0 atom stereocenters. The van der Waals surface area contributed by atoms with E-state index in [0.717, 1.165) is 33.3 Å². The highest BCUT2D eigenvalue weighted by atomic mass is 35.5. The summed E-state index contributed by atoms with van der Waals surface area (Å²) in [5, 5.41) is 5.24. The summed E-state index contributed by atoms with van der Waals surface area (Å²) < 4.78 is 1.22. The van der Waals surface area contributed by atoms with Gasteiger partial charge in [0.25, 0.3) is 0 Å². The molecule has 4 aromatic rings. The van der Waals surface area contributed by atoms with E-state index in [1.807, 2.05) is 36.4 Å². The average Bonchev–Trinajstić information content (AvgIpc) is 3.06. The number of hydrogen-bond acceptors (Lipinski definition) is 3. The predicted molar refractivity (Wildman–Crippen MR) is 104 cm³/mol. The summed E-state index contributed by atoms with van der Waals surface area (Å²) in [6, 6.07) is 24.5. The third-order valence-corrected chi connectivity index (χ3v) is 5.17. The number of nitrogens with zero attached hydrogens (tertiary/aromatic N) is 1. The first-order valence-electron chi connectivity index (χ1n) is 7.72. The van der Waals surface area contributed by atoms with Gasteiger partial charge >= 0.3 is 0 Å². The van der Waals surface area contributed by atoms with E-state index in [1.54, 1.807) is 11.3 Å². The third-order valence-electron chi connectivity index (χ3n) is 3.84. The highest BCUT2D eigenvalue weighted by Crippen LogP contribution is 2.30. The van der Waals surface area contributed by atoms with Crippen LogP contribution in [0, 0.1) is 0 Å². The van der Waals surface area contributed by atoms with E-state index < -0.39 is 0 Å². The first-order valence-corrected chi connectivity index (χ1v) is 8.92. The molecule has 4 rings (SSSR count). The van der Waals surface area contributed by atoms with Gasteiger partial charge in [-0.3, -0.25) is 0 Å². The van der Waals surface area contributed by atoms with Crippen molar-refractivity contribution in [2.75, 3.05) is 5.32 Å². The zero-order valence-electron chi connectivity index (χ0n) is 12.9. The van der Waals surface area contributed by atoms with Gasteiger partial charge in [0, 0.05) is 22.8 Å². The van der Waals surface area contributed by atoms with Crippen molar-refractivity contribution >= 4 is 38.8 Å². The lowest BCUT2D eigenvalue weighted by molar-refractivity contribution is 1.15. The number of para-hydroxylation sites is 1. The quantitative estimate of drug-likeness (QED) is 0.472. The minimum Gasteiger partial charge on any atom is -0.381 e. The highest BCUT2D eigenvalue weighted by molar-refractivity contribution is 7.21. The van der Waals surface area contributed by atoms with Crippen molar-refractivity contribution < 1.29 is 0 Å². The topological polar surface area (TPSA) is 24.9 Å². The van der Waals surface area contributed by atoms with Gasteiger partial charge in [-0.25, -0.2) is 4.98 Å². The average molecular weight is 351 g/mol. The van der Waals surface area contributed by atoms with Gasteiger partial charge in [0.05, 0.1) is 10.2 Å². The van der Waals surface area contributed by atoms with Crippen LogP contribution >= 0.6 is 22.9 Å². The second-order valence-corrected chi connectivity index (χ2v) is 7.01. The zero-order valence-corrected chi connectivity index (χ0v) is 14.4. The van der Waals surface area contributed by atoms with Gasteiger partial charge in [-0.1, -0.05) is 35.9 Å². The van der Waals surface area contributed by atoms with Gasteiger partial charge < -0.3 is 5.32 Å². The maximum atomic E-state index is 5.91.